The molecule has 94 valence electrons. The standard InChI is InChI=1S/C12H12N2O4/c1-7(15)18-11-4-8-9(5-10(11)17-3)13-6-14(2)12(8)16/h4-6H,1-3H3. The van der Waals surface area contributed by atoms with Crippen molar-refractivity contribution in [2.45, 2.75) is 6.92 Å². The van der Waals surface area contributed by atoms with Crippen molar-refractivity contribution >= 4 is 16.9 Å². The molecule has 2 rings (SSSR count). The maximum atomic E-state index is 11.9. The first-order valence-electron chi connectivity index (χ1n) is 5.24. The predicted molar refractivity (Wildman–Crippen MR) is 64.8 cm³/mol. The summed E-state index contributed by atoms with van der Waals surface area (Å²) in [5, 5.41) is 0.372. The fraction of sp³-hybridized carbons (Fsp3) is 0.250. The SMILES string of the molecule is COc1cc2ncn(C)c(=O)c2cc1OC(C)=O. The second-order valence-corrected chi connectivity index (χ2v) is 3.77. The lowest BCUT2D eigenvalue weighted by molar-refractivity contribution is -0.131. The molecule has 18 heavy (non-hydrogen) atoms. The van der Waals surface area contributed by atoms with Gasteiger partial charge in [0.05, 0.1) is 24.3 Å². The number of hydrogen-bond donors (Lipinski definition) is 0. The number of carbonyl (C=O) groups excluding carboxylic acids is 1. The highest BCUT2D eigenvalue weighted by Gasteiger charge is 2.12. The molecular formula is C12H12N2O4. The topological polar surface area (TPSA) is 70.4 Å². The van der Waals surface area contributed by atoms with Gasteiger partial charge in [0.1, 0.15) is 0 Å². The molecule has 2 aromatic rings. The van der Waals surface area contributed by atoms with Crippen molar-refractivity contribution in [2.24, 2.45) is 7.05 Å². The Kier molecular flexibility index (Phi) is 3.01. The molecule has 0 atom stereocenters. The third kappa shape index (κ3) is 2.04. The van der Waals surface area contributed by atoms with Crippen LogP contribution in [0.25, 0.3) is 10.9 Å². The molecular weight excluding hydrogens is 236 g/mol. The minimum absolute atomic E-state index is 0.211. The quantitative estimate of drug-likeness (QED) is 0.582. The lowest BCUT2D eigenvalue weighted by Crippen LogP contribution is -2.17. The van der Waals surface area contributed by atoms with E-state index < -0.39 is 5.97 Å². The Bertz CT molecular complexity index is 676. The Balaban J connectivity index is 2.74. The van der Waals surface area contributed by atoms with Crippen molar-refractivity contribution in [3.05, 3.63) is 28.8 Å². The average Bonchev–Trinajstić information content (AvgIpc) is 2.33. The molecule has 1 aromatic heterocycles. The van der Waals surface area contributed by atoms with Gasteiger partial charge in [-0.3, -0.25) is 9.59 Å². The number of aromatic nitrogens is 2. The van der Waals surface area contributed by atoms with Gasteiger partial charge in [-0.05, 0) is 6.07 Å². The van der Waals surface area contributed by atoms with E-state index in [1.165, 1.54) is 31.0 Å². The molecule has 0 radical (unpaired) electrons. The van der Waals surface area contributed by atoms with Gasteiger partial charge in [-0.1, -0.05) is 0 Å². The van der Waals surface area contributed by atoms with Crippen LogP contribution in [0.1, 0.15) is 6.92 Å². The third-order valence-corrected chi connectivity index (χ3v) is 2.46. The zero-order valence-electron chi connectivity index (χ0n) is 10.3. The molecule has 0 aliphatic carbocycles. The molecule has 1 heterocycles. The van der Waals surface area contributed by atoms with Crippen LogP contribution in [0, 0.1) is 0 Å². The fourth-order valence-corrected chi connectivity index (χ4v) is 1.61. The number of methoxy groups -OCH3 is 1. The number of nitrogens with zero attached hydrogens (tertiary/aromatic N) is 2. The summed E-state index contributed by atoms with van der Waals surface area (Å²) in [5.74, 6) is 0.0921. The van der Waals surface area contributed by atoms with Crippen LogP contribution >= 0.6 is 0 Å². The monoisotopic (exact) mass is 248 g/mol. The predicted octanol–water partition coefficient (Wildman–Crippen LogP) is 0.867. The maximum absolute atomic E-state index is 11.9. The summed E-state index contributed by atoms with van der Waals surface area (Å²) < 4.78 is 11.5. The minimum Gasteiger partial charge on any atom is -0.493 e. The Labute approximate surface area is 103 Å². The van der Waals surface area contributed by atoms with Gasteiger partial charge in [0, 0.05) is 20.0 Å². The molecule has 0 aliphatic rings. The van der Waals surface area contributed by atoms with E-state index in [9.17, 15) is 9.59 Å². The Morgan fingerprint density at radius 1 is 1.33 bits per heavy atom. The van der Waals surface area contributed by atoms with Crippen molar-refractivity contribution in [1.29, 1.82) is 0 Å². The highest BCUT2D eigenvalue weighted by atomic mass is 16.6. The molecule has 0 saturated carbocycles. The van der Waals surface area contributed by atoms with Crippen LogP contribution in [0.5, 0.6) is 11.5 Å². The van der Waals surface area contributed by atoms with Crippen molar-refractivity contribution in [3.8, 4) is 11.5 Å². The summed E-state index contributed by atoms with van der Waals surface area (Å²) in [4.78, 5) is 27.0. The number of esters is 1. The first kappa shape index (κ1) is 12.1. The first-order chi connectivity index (χ1) is 8.52. The van der Waals surface area contributed by atoms with E-state index in [0.29, 0.717) is 16.7 Å². The summed E-state index contributed by atoms with van der Waals surface area (Å²) in [5.41, 5.74) is 0.280. The van der Waals surface area contributed by atoms with Gasteiger partial charge in [0.15, 0.2) is 11.5 Å². The van der Waals surface area contributed by atoms with Crippen molar-refractivity contribution in [2.75, 3.05) is 7.11 Å². The van der Waals surface area contributed by atoms with E-state index >= 15 is 0 Å². The summed E-state index contributed by atoms with van der Waals surface area (Å²) >= 11 is 0. The molecule has 0 amide bonds. The molecule has 0 saturated heterocycles. The normalized spacial score (nSPS) is 10.4. The van der Waals surface area contributed by atoms with Crippen LogP contribution in [0.2, 0.25) is 0 Å². The summed E-state index contributed by atoms with van der Waals surface area (Å²) in [6, 6.07) is 3.03. The molecule has 0 fully saturated rings. The van der Waals surface area contributed by atoms with Gasteiger partial charge < -0.3 is 14.0 Å². The van der Waals surface area contributed by atoms with Crippen molar-refractivity contribution < 1.29 is 14.3 Å². The Hall–Kier alpha value is -2.37. The average molecular weight is 248 g/mol. The lowest BCUT2D eigenvalue weighted by Gasteiger charge is -2.09. The molecule has 0 spiro atoms. The maximum Gasteiger partial charge on any atom is 0.308 e. The number of hydrogen-bond acceptors (Lipinski definition) is 5. The van der Waals surface area contributed by atoms with Crippen LogP contribution < -0.4 is 15.0 Å². The number of ether oxygens (including phenoxy) is 2. The molecule has 0 aliphatic heterocycles. The first-order valence-corrected chi connectivity index (χ1v) is 5.24. The Morgan fingerprint density at radius 3 is 2.67 bits per heavy atom. The molecule has 6 heteroatoms. The number of aryl methyl sites for hydroxylation is 1. The summed E-state index contributed by atoms with van der Waals surface area (Å²) in [7, 11) is 3.06. The van der Waals surface area contributed by atoms with Crippen LogP contribution in [0.3, 0.4) is 0 Å². The number of rotatable bonds is 2. The molecule has 0 N–H and O–H groups in total. The van der Waals surface area contributed by atoms with E-state index in [1.54, 1.807) is 13.1 Å². The van der Waals surface area contributed by atoms with E-state index in [-0.39, 0.29) is 11.3 Å². The van der Waals surface area contributed by atoms with Crippen LogP contribution in [0.15, 0.2) is 23.3 Å². The number of benzene rings is 1. The summed E-state index contributed by atoms with van der Waals surface area (Å²) in [6.07, 6.45) is 1.43. The van der Waals surface area contributed by atoms with Crippen molar-refractivity contribution in [1.82, 2.24) is 9.55 Å². The summed E-state index contributed by atoms with van der Waals surface area (Å²) in [6.45, 7) is 1.28. The number of fused-ring (bicyclic) bond motifs is 1. The fourth-order valence-electron chi connectivity index (χ4n) is 1.61. The molecule has 1 aromatic carbocycles. The van der Waals surface area contributed by atoms with Crippen molar-refractivity contribution in [3.63, 3.8) is 0 Å². The minimum atomic E-state index is -0.478. The van der Waals surface area contributed by atoms with Gasteiger partial charge in [0.25, 0.3) is 5.56 Å². The molecule has 0 bridgehead atoms. The lowest BCUT2D eigenvalue weighted by atomic mass is 10.2. The second-order valence-electron chi connectivity index (χ2n) is 3.77. The van der Waals surface area contributed by atoms with E-state index in [1.807, 2.05) is 0 Å². The van der Waals surface area contributed by atoms with Gasteiger partial charge in [0.2, 0.25) is 0 Å². The smallest absolute Gasteiger partial charge is 0.308 e. The largest absolute Gasteiger partial charge is 0.493 e. The van der Waals surface area contributed by atoms with Gasteiger partial charge in [-0.15, -0.1) is 0 Å². The molecule has 6 nitrogen and oxygen atoms in total. The zero-order chi connectivity index (χ0) is 13.3. The Morgan fingerprint density at radius 2 is 2.06 bits per heavy atom. The van der Waals surface area contributed by atoms with E-state index in [2.05, 4.69) is 4.98 Å². The zero-order valence-corrected chi connectivity index (χ0v) is 10.3. The highest BCUT2D eigenvalue weighted by Crippen LogP contribution is 2.30. The third-order valence-electron chi connectivity index (χ3n) is 2.46. The van der Waals surface area contributed by atoms with Crippen LogP contribution in [-0.4, -0.2) is 22.6 Å². The van der Waals surface area contributed by atoms with Gasteiger partial charge >= 0.3 is 5.97 Å². The van der Waals surface area contributed by atoms with Gasteiger partial charge in [-0.25, -0.2) is 4.98 Å². The highest BCUT2D eigenvalue weighted by molar-refractivity contribution is 5.83. The van der Waals surface area contributed by atoms with E-state index in [0.717, 1.165) is 0 Å². The van der Waals surface area contributed by atoms with Crippen LogP contribution in [-0.2, 0) is 11.8 Å². The van der Waals surface area contributed by atoms with Gasteiger partial charge in [-0.2, -0.15) is 0 Å². The second kappa shape index (κ2) is 4.48. The van der Waals surface area contributed by atoms with Crippen LogP contribution in [0.4, 0.5) is 0 Å². The number of carbonyl (C=O) groups is 1. The molecule has 0 unspecified atom stereocenters. The van der Waals surface area contributed by atoms with E-state index in [4.69, 9.17) is 9.47 Å².